The highest BCUT2D eigenvalue weighted by Crippen LogP contribution is 2.26. The Morgan fingerprint density at radius 1 is 1.36 bits per heavy atom. The SMILES string of the molecule is COc1c(C)cc([C@H](O)CN)cc1C. The maximum atomic E-state index is 9.58. The third-order valence-electron chi connectivity index (χ3n) is 2.29. The average molecular weight is 195 g/mol. The number of aliphatic hydroxyl groups excluding tert-OH is 1. The number of aryl methyl sites for hydroxylation is 2. The molecule has 14 heavy (non-hydrogen) atoms. The highest BCUT2D eigenvalue weighted by Gasteiger charge is 2.10. The number of aliphatic hydroxyl groups is 1. The minimum absolute atomic E-state index is 0.241. The summed E-state index contributed by atoms with van der Waals surface area (Å²) in [4.78, 5) is 0. The number of rotatable bonds is 3. The first-order valence-corrected chi connectivity index (χ1v) is 4.63. The molecule has 1 rings (SSSR count). The zero-order valence-corrected chi connectivity index (χ0v) is 8.87. The summed E-state index contributed by atoms with van der Waals surface area (Å²) >= 11 is 0. The van der Waals surface area contributed by atoms with Crippen LogP contribution in [-0.4, -0.2) is 18.8 Å². The fourth-order valence-electron chi connectivity index (χ4n) is 1.63. The van der Waals surface area contributed by atoms with Gasteiger partial charge in [0, 0.05) is 6.54 Å². The predicted molar refractivity (Wildman–Crippen MR) is 56.5 cm³/mol. The molecule has 1 aromatic carbocycles. The summed E-state index contributed by atoms with van der Waals surface area (Å²) < 4.78 is 5.23. The molecule has 0 aliphatic heterocycles. The van der Waals surface area contributed by atoms with E-state index in [-0.39, 0.29) is 6.54 Å². The topological polar surface area (TPSA) is 55.5 Å². The molecular formula is C11H17NO2. The smallest absolute Gasteiger partial charge is 0.124 e. The van der Waals surface area contributed by atoms with Crippen molar-refractivity contribution < 1.29 is 9.84 Å². The van der Waals surface area contributed by atoms with Gasteiger partial charge in [-0.2, -0.15) is 0 Å². The number of hydrogen-bond donors (Lipinski definition) is 2. The largest absolute Gasteiger partial charge is 0.496 e. The van der Waals surface area contributed by atoms with E-state index in [1.54, 1.807) is 7.11 Å². The normalized spacial score (nSPS) is 12.6. The molecule has 3 N–H and O–H groups in total. The molecule has 0 saturated heterocycles. The first-order valence-electron chi connectivity index (χ1n) is 4.63. The van der Waals surface area contributed by atoms with Crippen molar-refractivity contribution in [2.24, 2.45) is 5.73 Å². The molecule has 0 aliphatic rings. The van der Waals surface area contributed by atoms with Gasteiger partial charge in [0.1, 0.15) is 5.75 Å². The summed E-state index contributed by atoms with van der Waals surface area (Å²) in [7, 11) is 1.65. The molecule has 0 amide bonds. The van der Waals surface area contributed by atoms with Crippen LogP contribution in [-0.2, 0) is 0 Å². The van der Waals surface area contributed by atoms with E-state index in [4.69, 9.17) is 10.5 Å². The molecule has 0 bridgehead atoms. The Balaban J connectivity index is 3.13. The summed E-state index contributed by atoms with van der Waals surface area (Å²) in [6.07, 6.45) is -0.585. The van der Waals surface area contributed by atoms with Crippen LogP contribution in [0.5, 0.6) is 5.75 Å². The monoisotopic (exact) mass is 195 g/mol. The van der Waals surface area contributed by atoms with Crippen LogP contribution in [0.3, 0.4) is 0 Å². The zero-order chi connectivity index (χ0) is 10.7. The number of nitrogens with two attached hydrogens (primary N) is 1. The van der Waals surface area contributed by atoms with Gasteiger partial charge in [-0.15, -0.1) is 0 Å². The van der Waals surface area contributed by atoms with Crippen LogP contribution < -0.4 is 10.5 Å². The lowest BCUT2D eigenvalue weighted by atomic mass is 10.0. The minimum Gasteiger partial charge on any atom is -0.496 e. The van der Waals surface area contributed by atoms with E-state index in [2.05, 4.69) is 0 Å². The molecular weight excluding hydrogens is 178 g/mol. The Labute approximate surface area is 84.5 Å². The number of hydrogen-bond acceptors (Lipinski definition) is 3. The van der Waals surface area contributed by atoms with E-state index in [0.29, 0.717) is 0 Å². The molecule has 3 heteroatoms. The summed E-state index contributed by atoms with van der Waals surface area (Å²) in [5.41, 5.74) is 8.29. The van der Waals surface area contributed by atoms with E-state index in [9.17, 15) is 5.11 Å². The van der Waals surface area contributed by atoms with Crippen molar-refractivity contribution in [1.29, 1.82) is 0 Å². The lowest BCUT2D eigenvalue weighted by Crippen LogP contribution is -2.12. The van der Waals surface area contributed by atoms with Crippen molar-refractivity contribution in [3.8, 4) is 5.75 Å². The highest BCUT2D eigenvalue weighted by molar-refractivity contribution is 5.43. The van der Waals surface area contributed by atoms with Crippen LogP contribution in [0.15, 0.2) is 12.1 Å². The second-order valence-electron chi connectivity index (χ2n) is 3.44. The third kappa shape index (κ3) is 2.05. The van der Waals surface area contributed by atoms with Crippen molar-refractivity contribution >= 4 is 0 Å². The fraction of sp³-hybridized carbons (Fsp3) is 0.455. The first-order chi connectivity index (χ1) is 6.60. The quantitative estimate of drug-likeness (QED) is 0.764. The second-order valence-corrected chi connectivity index (χ2v) is 3.44. The maximum Gasteiger partial charge on any atom is 0.124 e. The Morgan fingerprint density at radius 3 is 2.21 bits per heavy atom. The molecule has 0 unspecified atom stereocenters. The number of ether oxygens (including phenoxy) is 1. The molecule has 0 heterocycles. The van der Waals surface area contributed by atoms with Crippen molar-refractivity contribution in [2.45, 2.75) is 20.0 Å². The van der Waals surface area contributed by atoms with Gasteiger partial charge in [0.25, 0.3) is 0 Å². The summed E-state index contributed by atoms with van der Waals surface area (Å²) in [5, 5.41) is 9.58. The van der Waals surface area contributed by atoms with Gasteiger partial charge >= 0.3 is 0 Å². The van der Waals surface area contributed by atoms with Gasteiger partial charge < -0.3 is 15.6 Å². The number of benzene rings is 1. The van der Waals surface area contributed by atoms with Crippen LogP contribution in [0.1, 0.15) is 22.8 Å². The Hall–Kier alpha value is -1.06. The molecule has 0 radical (unpaired) electrons. The van der Waals surface area contributed by atoms with Crippen LogP contribution in [0.4, 0.5) is 0 Å². The van der Waals surface area contributed by atoms with E-state index >= 15 is 0 Å². The van der Waals surface area contributed by atoms with Crippen LogP contribution in [0.25, 0.3) is 0 Å². The standard InChI is InChI=1S/C11H17NO2/c1-7-4-9(10(13)6-12)5-8(2)11(7)14-3/h4-5,10,13H,6,12H2,1-3H3/t10-/m1/s1. The summed E-state index contributed by atoms with van der Waals surface area (Å²) in [6, 6.07) is 3.81. The highest BCUT2D eigenvalue weighted by atomic mass is 16.5. The molecule has 78 valence electrons. The van der Waals surface area contributed by atoms with Crippen LogP contribution in [0.2, 0.25) is 0 Å². The van der Waals surface area contributed by atoms with E-state index in [1.165, 1.54) is 0 Å². The lowest BCUT2D eigenvalue weighted by molar-refractivity contribution is 0.186. The van der Waals surface area contributed by atoms with Gasteiger partial charge in [-0.3, -0.25) is 0 Å². The van der Waals surface area contributed by atoms with Gasteiger partial charge in [0.05, 0.1) is 13.2 Å². The van der Waals surface area contributed by atoms with Crippen molar-refractivity contribution in [3.63, 3.8) is 0 Å². The van der Waals surface area contributed by atoms with E-state index in [0.717, 1.165) is 22.4 Å². The third-order valence-corrected chi connectivity index (χ3v) is 2.29. The van der Waals surface area contributed by atoms with Crippen LogP contribution in [0, 0.1) is 13.8 Å². The molecule has 0 aliphatic carbocycles. The average Bonchev–Trinajstić information content (AvgIpc) is 2.16. The molecule has 3 nitrogen and oxygen atoms in total. The summed E-state index contributed by atoms with van der Waals surface area (Å²) in [6.45, 7) is 4.16. The van der Waals surface area contributed by atoms with Gasteiger partial charge in [-0.1, -0.05) is 0 Å². The Morgan fingerprint density at radius 2 is 1.86 bits per heavy atom. The van der Waals surface area contributed by atoms with E-state index in [1.807, 2.05) is 26.0 Å². The maximum absolute atomic E-state index is 9.58. The molecule has 1 atom stereocenters. The van der Waals surface area contributed by atoms with Gasteiger partial charge in [-0.05, 0) is 42.7 Å². The van der Waals surface area contributed by atoms with Crippen molar-refractivity contribution in [2.75, 3.05) is 13.7 Å². The first kappa shape index (κ1) is 11.0. The van der Waals surface area contributed by atoms with Gasteiger partial charge in [0.2, 0.25) is 0 Å². The Kier molecular flexibility index (Phi) is 3.49. The molecule has 0 fully saturated rings. The fourth-order valence-corrected chi connectivity index (χ4v) is 1.63. The van der Waals surface area contributed by atoms with Crippen molar-refractivity contribution in [1.82, 2.24) is 0 Å². The molecule has 1 aromatic rings. The Bertz CT molecular complexity index is 300. The van der Waals surface area contributed by atoms with Crippen molar-refractivity contribution in [3.05, 3.63) is 28.8 Å². The van der Waals surface area contributed by atoms with E-state index < -0.39 is 6.10 Å². The minimum atomic E-state index is -0.585. The van der Waals surface area contributed by atoms with Crippen LogP contribution >= 0.6 is 0 Å². The van der Waals surface area contributed by atoms with Gasteiger partial charge in [0.15, 0.2) is 0 Å². The molecule has 0 saturated carbocycles. The predicted octanol–water partition coefficient (Wildman–Crippen LogP) is 1.30. The number of methoxy groups -OCH3 is 1. The second kappa shape index (κ2) is 4.44. The van der Waals surface area contributed by atoms with Gasteiger partial charge in [-0.25, -0.2) is 0 Å². The zero-order valence-electron chi connectivity index (χ0n) is 8.87. The lowest BCUT2D eigenvalue weighted by Gasteiger charge is -2.14. The summed E-state index contributed by atoms with van der Waals surface area (Å²) in [5.74, 6) is 0.873. The molecule has 0 aromatic heterocycles. The molecule has 0 spiro atoms.